The molecule has 1 atom stereocenters. The Hall–Kier alpha value is -1.28. The van der Waals surface area contributed by atoms with Crippen LogP contribution in [-0.2, 0) is 0 Å². The van der Waals surface area contributed by atoms with Crippen molar-refractivity contribution in [2.45, 2.75) is 25.7 Å². The van der Waals surface area contributed by atoms with Crippen molar-refractivity contribution < 1.29 is 0 Å². The predicted molar refractivity (Wildman–Crippen MR) is 72.3 cm³/mol. The van der Waals surface area contributed by atoms with Gasteiger partial charge in [-0.05, 0) is 55.3 Å². The largest absolute Gasteiger partial charge is 0.358 e. The fourth-order valence-corrected chi connectivity index (χ4v) is 2.94. The van der Waals surface area contributed by atoms with Crippen LogP contribution in [0, 0.1) is 5.92 Å². The predicted octanol–water partition coefficient (Wildman–Crippen LogP) is 3.27. The third-order valence-electron chi connectivity index (χ3n) is 4.13. The second kappa shape index (κ2) is 4.53. The second-order valence-electron chi connectivity index (χ2n) is 5.19. The Morgan fingerprint density at radius 3 is 2.71 bits per heavy atom. The number of piperidine rings is 1. The molecule has 1 aromatic heterocycles. The maximum absolute atomic E-state index is 3.57. The average Bonchev–Trinajstić information content (AvgIpc) is 2.82. The summed E-state index contributed by atoms with van der Waals surface area (Å²) in [6.45, 7) is 4.71. The molecule has 1 unspecified atom stereocenters. The molecule has 3 rings (SSSR count). The lowest BCUT2D eigenvalue weighted by Crippen LogP contribution is -2.30. The van der Waals surface area contributed by atoms with E-state index in [0.717, 1.165) is 5.92 Å². The zero-order chi connectivity index (χ0) is 11.7. The molecule has 0 saturated carbocycles. The van der Waals surface area contributed by atoms with E-state index in [1.807, 2.05) is 0 Å². The minimum atomic E-state index is 0.643. The Morgan fingerprint density at radius 1 is 1.18 bits per heavy atom. The number of hydrogen-bond acceptors (Lipinski definition) is 1. The van der Waals surface area contributed by atoms with Crippen LogP contribution < -0.4 is 5.32 Å². The number of aromatic amines is 1. The van der Waals surface area contributed by atoms with Crippen molar-refractivity contribution in [1.82, 2.24) is 10.3 Å². The average molecular weight is 228 g/mol. The molecule has 2 aromatic rings. The highest BCUT2D eigenvalue weighted by Gasteiger charge is 2.22. The van der Waals surface area contributed by atoms with Crippen molar-refractivity contribution in [3.8, 4) is 0 Å². The molecule has 1 fully saturated rings. The van der Waals surface area contributed by atoms with Crippen LogP contribution in [0.25, 0.3) is 10.9 Å². The quantitative estimate of drug-likeness (QED) is 0.811. The number of rotatable bonds is 2. The highest BCUT2D eigenvalue weighted by Crippen LogP contribution is 2.31. The highest BCUT2D eigenvalue weighted by molar-refractivity contribution is 5.80. The maximum Gasteiger partial charge on any atom is 0.0456 e. The van der Waals surface area contributed by atoms with Crippen molar-refractivity contribution in [3.05, 3.63) is 36.0 Å². The van der Waals surface area contributed by atoms with E-state index in [9.17, 15) is 0 Å². The lowest BCUT2D eigenvalue weighted by atomic mass is 9.84. The van der Waals surface area contributed by atoms with Crippen LogP contribution in [0.3, 0.4) is 0 Å². The number of fused-ring (bicyclic) bond motifs is 1. The summed E-state index contributed by atoms with van der Waals surface area (Å²) >= 11 is 0. The molecule has 2 heteroatoms. The normalized spacial score (nSPS) is 19.6. The molecule has 2 nitrogen and oxygen atoms in total. The van der Waals surface area contributed by atoms with Crippen LogP contribution in [-0.4, -0.2) is 18.1 Å². The zero-order valence-electron chi connectivity index (χ0n) is 10.4. The van der Waals surface area contributed by atoms with Crippen LogP contribution in [0.5, 0.6) is 0 Å². The molecule has 1 aliphatic heterocycles. The van der Waals surface area contributed by atoms with Gasteiger partial charge in [-0.15, -0.1) is 0 Å². The Morgan fingerprint density at radius 2 is 1.94 bits per heavy atom. The smallest absolute Gasteiger partial charge is 0.0456 e. The molecule has 1 aliphatic rings. The monoisotopic (exact) mass is 228 g/mol. The van der Waals surface area contributed by atoms with E-state index in [4.69, 9.17) is 0 Å². The molecule has 1 aromatic carbocycles. The van der Waals surface area contributed by atoms with Crippen molar-refractivity contribution in [3.63, 3.8) is 0 Å². The summed E-state index contributed by atoms with van der Waals surface area (Å²) in [7, 11) is 0. The summed E-state index contributed by atoms with van der Waals surface area (Å²) in [6.07, 6.45) is 2.60. The second-order valence-corrected chi connectivity index (χ2v) is 5.19. The minimum absolute atomic E-state index is 0.643. The molecule has 0 amide bonds. The van der Waals surface area contributed by atoms with Gasteiger partial charge in [0.2, 0.25) is 0 Å². The van der Waals surface area contributed by atoms with Gasteiger partial charge >= 0.3 is 0 Å². The first kappa shape index (κ1) is 10.8. The van der Waals surface area contributed by atoms with Crippen molar-refractivity contribution >= 4 is 10.9 Å². The SMILES string of the molecule is CC(c1cc2ccccc2[nH]1)C1CCNCC1. The van der Waals surface area contributed by atoms with Crippen LogP contribution in [0.1, 0.15) is 31.4 Å². The maximum atomic E-state index is 3.57. The van der Waals surface area contributed by atoms with E-state index in [0.29, 0.717) is 5.92 Å². The third-order valence-corrected chi connectivity index (χ3v) is 4.13. The van der Waals surface area contributed by atoms with Gasteiger partial charge in [-0.1, -0.05) is 25.1 Å². The Bertz CT molecular complexity index is 461. The fourth-order valence-electron chi connectivity index (χ4n) is 2.94. The third kappa shape index (κ3) is 2.09. The molecular formula is C15H20N2. The van der Waals surface area contributed by atoms with E-state index < -0.39 is 0 Å². The van der Waals surface area contributed by atoms with Crippen LogP contribution in [0.15, 0.2) is 30.3 Å². The molecule has 0 bridgehead atoms. The summed E-state index contributed by atoms with van der Waals surface area (Å²) in [5.41, 5.74) is 2.67. The van der Waals surface area contributed by atoms with E-state index in [1.54, 1.807) is 0 Å². The number of hydrogen-bond donors (Lipinski definition) is 2. The van der Waals surface area contributed by atoms with E-state index >= 15 is 0 Å². The first-order valence-corrected chi connectivity index (χ1v) is 6.63. The zero-order valence-corrected chi connectivity index (χ0v) is 10.4. The number of nitrogens with one attached hydrogen (secondary N) is 2. The Balaban J connectivity index is 1.86. The topological polar surface area (TPSA) is 27.8 Å². The lowest BCUT2D eigenvalue weighted by Gasteiger charge is -2.27. The van der Waals surface area contributed by atoms with Gasteiger partial charge in [0.05, 0.1) is 0 Å². The van der Waals surface area contributed by atoms with Gasteiger partial charge in [0.25, 0.3) is 0 Å². The van der Waals surface area contributed by atoms with Crippen LogP contribution >= 0.6 is 0 Å². The molecule has 0 spiro atoms. The molecule has 2 heterocycles. The van der Waals surface area contributed by atoms with Gasteiger partial charge in [0.1, 0.15) is 0 Å². The standard InChI is InChI=1S/C15H20N2/c1-11(12-6-8-16-9-7-12)15-10-13-4-2-3-5-14(13)17-15/h2-5,10-12,16-17H,6-9H2,1H3. The van der Waals surface area contributed by atoms with Crippen molar-refractivity contribution in [2.24, 2.45) is 5.92 Å². The van der Waals surface area contributed by atoms with Crippen LogP contribution in [0.4, 0.5) is 0 Å². The lowest BCUT2D eigenvalue weighted by molar-refractivity contribution is 0.327. The number of H-pyrrole nitrogens is 1. The van der Waals surface area contributed by atoms with Gasteiger partial charge in [0, 0.05) is 11.2 Å². The first-order valence-electron chi connectivity index (χ1n) is 6.63. The molecule has 17 heavy (non-hydrogen) atoms. The highest BCUT2D eigenvalue weighted by atomic mass is 14.9. The van der Waals surface area contributed by atoms with E-state index in [1.165, 1.54) is 42.5 Å². The van der Waals surface area contributed by atoms with Gasteiger partial charge in [-0.25, -0.2) is 0 Å². The first-order chi connectivity index (χ1) is 8.34. The number of benzene rings is 1. The summed E-state index contributed by atoms with van der Waals surface area (Å²) in [5.74, 6) is 1.47. The summed E-state index contributed by atoms with van der Waals surface area (Å²) in [4.78, 5) is 3.57. The van der Waals surface area contributed by atoms with Crippen LogP contribution in [0.2, 0.25) is 0 Å². The molecule has 90 valence electrons. The van der Waals surface area contributed by atoms with Gasteiger partial charge in [-0.3, -0.25) is 0 Å². The molecular weight excluding hydrogens is 208 g/mol. The summed E-state index contributed by atoms with van der Waals surface area (Å²) < 4.78 is 0. The van der Waals surface area contributed by atoms with Crippen molar-refractivity contribution in [2.75, 3.05) is 13.1 Å². The minimum Gasteiger partial charge on any atom is -0.358 e. The molecule has 2 N–H and O–H groups in total. The Kier molecular flexibility index (Phi) is 2.89. The van der Waals surface area contributed by atoms with E-state index in [-0.39, 0.29) is 0 Å². The van der Waals surface area contributed by atoms with Gasteiger partial charge in [0.15, 0.2) is 0 Å². The number of para-hydroxylation sites is 1. The van der Waals surface area contributed by atoms with E-state index in [2.05, 4.69) is 47.6 Å². The van der Waals surface area contributed by atoms with Gasteiger partial charge in [-0.2, -0.15) is 0 Å². The van der Waals surface area contributed by atoms with Gasteiger partial charge < -0.3 is 10.3 Å². The van der Waals surface area contributed by atoms with Crippen molar-refractivity contribution in [1.29, 1.82) is 0 Å². The molecule has 0 radical (unpaired) electrons. The summed E-state index contributed by atoms with van der Waals surface area (Å²) in [5, 5.41) is 4.77. The number of aromatic nitrogens is 1. The molecule has 1 saturated heterocycles. The fraction of sp³-hybridized carbons (Fsp3) is 0.467. The summed E-state index contributed by atoms with van der Waals surface area (Å²) in [6, 6.07) is 10.9. The Labute approximate surface area is 102 Å². The molecule has 0 aliphatic carbocycles.